The number of carbonyl (C=O) groups excluding carboxylic acids is 1. The van der Waals surface area contributed by atoms with Gasteiger partial charge in [-0.05, 0) is 13.3 Å². The van der Waals surface area contributed by atoms with E-state index in [0.717, 1.165) is 0 Å². The lowest BCUT2D eigenvalue weighted by atomic mass is 10.2. The molecule has 0 fully saturated rings. The van der Waals surface area contributed by atoms with Gasteiger partial charge < -0.3 is 15.7 Å². The van der Waals surface area contributed by atoms with Gasteiger partial charge in [-0.3, -0.25) is 4.79 Å². The summed E-state index contributed by atoms with van der Waals surface area (Å²) < 4.78 is 0. The van der Waals surface area contributed by atoms with Crippen molar-refractivity contribution in [3.63, 3.8) is 0 Å². The Labute approximate surface area is 89.2 Å². The van der Waals surface area contributed by atoms with Gasteiger partial charge in [0.1, 0.15) is 0 Å². The highest BCUT2D eigenvalue weighted by Gasteiger charge is 2.04. The molecular formula is C10H16N2O3. The van der Waals surface area contributed by atoms with Crippen molar-refractivity contribution < 1.29 is 14.7 Å². The summed E-state index contributed by atoms with van der Waals surface area (Å²) in [5, 5.41) is 13.5. The van der Waals surface area contributed by atoms with Crippen molar-refractivity contribution in [2.75, 3.05) is 6.54 Å². The van der Waals surface area contributed by atoms with E-state index in [1.807, 2.05) is 0 Å². The summed E-state index contributed by atoms with van der Waals surface area (Å²) in [6, 6.07) is -0.391. The molecule has 5 nitrogen and oxygen atoms in total. The largest absolute Gasteiger partial charge is 0.481 e. The van der Waals surface area contributed by atoms with E-state index in [2.05, 4.69) is 16.6 Å². The maximum Gasteiger partial charge on any atom is 0.315 e. The average molecular weight is 212 g/mol. The number of rotatable bonds is 6. The van der Waals surface area contributed by atoms with Crippen LogP contribution in [0.2, 0.25) is 0 Å². The number of hydrogen-bond acceptors (Lipinski definition) is 2. The van der Waals surface area contributed by atoms with Crippen LogP contribution in [0.5, 0.6) is 0 Å². The molecule has 15 heavy (non-hydrogen) atoms. The van der Waals surface area contributed by atoms with Crippen LogP contribution in [0.25, 0.3) is 0 Å². The van der Waals surface area contributed by atoms with Crippen LogP contribution in [0.15, 0.2) is 0 Å². The lowest BCUT2D eigenvalue weighted by molar-refractivity contribution is -0.137. The predicted octanol–water partition coefficient (Wildman–Crippen LogP) is 0.562. The molecule has 2 amide bonds. The van der Waals surface area contributed by atoms with Crippen molar-refractivity contribution in [1.82, 2.24) is 10.6 Å². The van der Waals surface area contributed by atoms with Gasteiger partial charge in [0.05, 0.1) is 0 Å². The first-order valence-corrected chi connectivity index (χ1v) is 4.76. The number of hydrogen-bond donors (Lipinski definition) is 3. The lowest BCUT2D eigenvalue weighted by Crippen LogP contribution is -2.41. The van der Waals surface area contributed by atoms with Gasteiger partial charge in [0.2, 0.25) is 0 Å². The van der Waals surface area contributed by atoms with Gasteiger partial charge in [-0.25, -0.2) is 4.79 Å². The molecule has 1 unspecified atom stereocenters. The van der Waals surface area contributed by atoms with E-state index in [1.165, 1.54) is 0 Å². The summed E-state index contributed by atoms with van der Waals surface area (Å²) in [7, 11) is 0. The van der Waals surface area contributed by atoms with Gasteiger partial charge in [-0.15, -0.1) is 12.3 Å². The Morgan fingerprint density at radius 2 is 2.20 bits per heavy atom. The highest BCUT2D eigenvalue weighted by Crippen LogP contribution is 1.88. The Morgan fingerprint density at radius 3 is 2.73 bits per heavy atom. The molecule has 5 heteroatoms. The summed E-state index contributed by atoms with van der Waals surface area (Å²) >= 11 is 0. The summed E-state index contributed by atoms with van der Waals surface area (Å²) in [6.45, 7) is 2.15. The fourth-order valence-corrected chi connectivity index (χ4v) is 0.944. The van der Waals surface area contributed by atoms with Gasteiger partial charge in [0.15, 0.2) is 0 Å². The Morgan fingerprint density at radius 1 is 1.53 bits per heavy atom. The van der Waals surface area contributed by atoms with Crippen LogP contribution in [0, 0.1) is 12.3 Å². The minimum atomic E-state index is -0.863. The van der Waals surface area contributed by atoms with Crippen molar-refractivity contribution in [3.8, 4) is 12.3 Å². The van der Waals surface area contributed by atoms with Crippen LogP contribution in [-0.2, 0) is 4.79 Å². The minimum absolute atomic E-state index is 0.0557. The second kappa shape index (κ2) is 7.68. The van der Waals surface area contributed by atoms with E-state index < -0.39 is 5.97 Å². The van der Waals surface area contributed by atoms with Crippen molar-refractivity contribution >= 4 is 12.0 Å². The van der Waals surface area contributed by atoms with Crippen molar-refractivity contribution in [3.05, 3.63) is 0 Å². The summed E-state index contributed by atoms with van der Waals surface area (Å²) in [5.41, 5.74) is 0. The molecular weight excluding hydrogens is 196 g/mol. The molecule has 0 aliphatic heterocycles. The summed E-state index contributed by atoms with van der Waals surface area (Å²) in [5.74, 6) is 1.57. The van der Waals surface area contributed by atoms with Crippen LogP contribution in [0.1, 0.15) is 26.2 Å². The monoisotopic (exact) mass is 212 g/mol. The first-order chi connectivity index (χ1) is 7.06. The van der Waals surface area contributed by atoms with E-state index in [9.17, 15) is 9.59 Å². The van der Waals surface area contributed by atoms with Crippen LogP contribution in [0.4, 0.5) is 4.79 Å². The molecule has 0 aromatic carbocycles. The number of aliphatic carboxylic acids is 1. The molecule has 0 heterocycles. The average Bonchev–Trinajstić information content (AvgIpc) is 2.12. The Balaban J connectivity index is 3.50. The molecule has 0 aromatic rings. The summed E-state index contributed by atoms with van der Waals surface area (Å²) in [4.78, 5) is 21.3. The SMILES string of the molecule is C#CCC(C)NC(=O)NCCCC(=O)O. The topological polar surface area (TPSA) is 78.4 Å². The van der Waals surface area contributed by atoms with Gasteiger partial charge in [0, 0.05) is 25.4 Å². The molecule has 0 aromatic heterocycles. The molecule has 0 spiro atoms. The number of terminal acetylenes is 1. The zero-order valence-corrected chi connectivity index (χ0v) is 8.75. The number of carbonyl (C=O) groups is 2. The quantitative estimate of drug-likeness (QED) is 0.444. The number of urea groups is 1. The van der Waals surface area contributed by atoms with Gasteiger partial charge in [-0.1, -0.05) is 0 Å². The highest BCUT2D eigenvalue weighted by atomic mass is 16.4. The van der Waals surface area contributed by atoms with Crippen molar-refractivity contribution in [2.45, 2.75) is 32.2 Å². The zero-order valence-electron chi connectivity index (χ0n) is 8.75. The van der Waals surface area contributed by atoms with Crippen LogP contribution >= 0.6 is 0 Å². The van der Waals surface area contributed by atoms with Crippen LogP contribution in [0.3, 0.4) is 0 Å². The fraction of sp³-hybridized carbons (Fsp3) is 0.600. The molecule has 0 radical (unpaired) electrons. The lowest BCUT2D eigenvalue weighted by Gasteiger charge is -2.11. The van der Waals surface area contributed by atoms with E-state index in [0.29, 0.717) is 19.4 Å². The third-order valence-electron chi connectivity index (χ3n) is 1.65. The van der Waals surface area contributed by atoms with Crippen molar-refractivity contribution in [1.29, 1.82) is 0 Å². The van der Waals surface area contributed by atoms with E-state index in [1.54, 1.807) is 6.92 Å². The molecule has 0 aliphatic rings. The minimum Gasteiger partial charge on any atom is -0.481 e. The first-order valence-electron chi connectivity index (χ1n) is 4.76. The maximum atomic E-state index is 11.1. The second-order valence-electron chi connectivity index (χ2n) is 3.21. The van der Waals surface area contributed by atoms with E-state index in [4.69, 9.17) is 11.5 Å². The number of amides is 2. The first kappa shape index (κ1) is 13.3. The molecule has 0 bridgehead atoms. The highest BCUT2D eigenvalue weighted by molar-refractivity contribution is 5.74. The molecule has 0 saturated carbocycles. The fourth-order valence-electron chi connectivity index (χ4n) is 0.944. The van der Waals surface area contributed by atoms with Crippen molar-refractivity contribution in [2.24, 2.45) is 0 Å². The summed E-state index contributed by atoms with van der Waals surface area (Å²) in [6.07, 6.45) is 6.03. The van der Waals surface area contributed by atoms with Gasteiger partial charge >= 0.3 is 12.0 Å². The number of carboxylic acids is 1. The third-order valence-corrected chi connectivity index (χ3v) is 1.65. The molecule has 0 aliphatic carbocycles. The molecule has 0 rings (SSSR count). The van der Waals surface area contributed by atoms with Gasteiger partial charge in [0.25, 0.3) is 0 Å². The van der Waals surface area contributed by atoms with E-state index >= 15 is 0 Å². The molecule has 1 atom stereocenters. The standard InChI is InChI=1S/C10H16N2O3/c1-3-5-8(2)12-10(15)11-7-4-6-9(13)14/h1,8H,4-7H2,2H3,(H,13,14)(H2,11,12,15). The molecule has 0 saturated heterocycles. The molecule has 3 N–H and O–H groups in total. The van der Waals surface area contributed by atoms with Gasteiger partial charge in [-0.2, -0.15) is 0 Å². The zero-order chi connectivity index (χ0) is 11.7. The Bertz CT molecular complexity index is 258. The normalized spacial score (nSPS) is 11.2. The smallest absolute Gasteiger partial charge is 0.315 e. The maximum absolute atomic E-state index is 11.1. The Hall–Kier alpha value is -1.70. The van der Waals surface area contributed by atoms with E-state index in [-0.39, 0.29) is 18.5 Å². The van der Waals surface area contributed by atoms with Crippen LogP contribution in [-0.4, -0.2) is 29.7 Å². The molecule has 84 valence electrons. The number of nitrogens with one attached hydrogen (secondary N) is 2. The predicted molar refractivity (Wildman–Crippen MR) is 56.3 cm³/mol. The van der Waals surface area contributed by atoms with Crippen LogP contribution < -0.4 is 10.6 Å². The third kappa shape index (κ3) is 8.63. The second-order valence-corrected chi connectivity index (χ2v) is 3.21. The number of carboxylic acid groups (broad SMARTS) is 1. The Kier molecular flexibility index (Phi) is 6.81.